The number of aryl methyl sites for hydroxylation is 1. The molecule has 0 aliphatic rings. The van der Waals surface area contributed by atoms with E-state index in [0.717, 1.165) is 11.3 Å². The lowest BCUT2D eigenvalue weighted by Crippen LogP contribution is -2.15. The van der Waals surface area contributed by atoms with Crippen LogP contribution in [0.1, 0.15) is 17.3 Å². The normalized spacial score (nSPS) is 12.4. The van der Waals surface area contributed by atoms with Crippen LogP contribution in [0, 0.1) is 0 Å². The Kier molecular flexibility index (Phi) is 2.87. The maximum Gasteiger partial charge on any atom is 0.212 e. The van der Waals surface area contributed by atoms with Gasteiger partial charge in [0.2, 0.25) is 5.88 Å². The Morgan fingerprint density at radius 2 is 2.19 bits per heavy atom. The SMILES string of the molecule is COc1ccc(C(N)c2cncn2C)cn1. The summed E-state index contributed by atoms with van der Waals surface area (Å²) in [4.78, 5) is 8.17. The summed E-state index contributed by atoms with van der Waals surface area (Å²) >= 11 is 0. The van der Waals surface area contributed by atoms with Crippen LogP contribution in [0.2, 0.25) is 0 Å². The molecule has 5 nitrogen and oxygen atoms in total. The molecule has 16 heavy (non-hydrogen) atoms. The number of nitrogens with two attached hydrogens (primary N) is 1. The molecular weight excluding hydrogens is 204 g/mol. The van der Waals surface area contributed by atoms with Crippen molar-refractivity contribution in [2.75, 3.05) is 7.11 Å². The number of rotatable bonds is 3. The molecule has 0 fully saturated rings. The molecule has 0 spiro atoms. The first-order valence-corrected chi connectivity index (χ1v) is 4.94. The quantitative estimate of drug-likeness (QED) is 0.830. The molecule has 5 heteroatoms. The predicted molar refractivity (Wildman–Crippen MR) is 60.0 cm³/mol. The largest absolute Gasteiger partial charge is 0.481 e. The third-order valence-electron chi connectivity index (χ3n) is 2.50. The van der Waals surface area contributed by atoms with E-state index in [1.165, 1.54) is 0 Å². The van der Waals surface area contributed by atoms with E-state index >= 15 is 0 Å². The second-order valence-corrected chi connectivity index (χ2v) is 3.54. The third-order valence-corrected chi connectivity index (χ3v) is 2.50. The smallest absolute Gasteiger partial charge is 0.212 e. The van der Waals surface area contributed by atoms with Crippen molar-refractivity contribution in [2.45, 2.75) is 6.04 Å². The summed E-state index contributed by atoms with van der Waals surface area (Å²) in [6, 6.07) is 3.49. The van der Waals surface area contributed by atoms with Gasteiger partial charge in [-0.05, 0) is 5.56 Å². The first kappa shape index (κ1) is 10.6. The van der Waals surface area contributed by atoms with Crippen LogP contribution in [0.5, 0.6) is 5.88 Å². The zero-order valence-corrected chi connectivity index (χ0v) is 9.29. The lowest BCUT2D eigenvalue weighted by molar-refractivity contribution is 0.397. The van der Waals surface area contributed by atoms with Crippen LogP contribution in [0.3, 0.4) is 0 Å². The number of nitrogens with zero attached hydrogens (tertiary/aromatic N) is 3. The maximum absolute atomic E-state index is 6.11. The molecule has 0 amide bonds. The minimum absolute atomic E-state index is 0.217. The van der Waals surface area contributed by atoms with Crippen molar-refractivity contribution < 1.29 is 4.74 Å². The average Bonchev–Trinajstić information content (AvgIpc) is 2.75. The molecule has 2 aromatic rings. The van der Waals surface area contributed by atoms with Gasteiger partial charge in [-0.15, -0.1) is 0 Å². The molecule has 1 unspecified atom stereocenters. The zero-order chi connectivity index (χ0) is 11.5. The van der Waals surface area contributed by atoms with Gasteiger partial charge in [-0.25, -0.2) is 9.97 Å². The Balaban J connectivity index is 2.27. The van der Waals surface area contributed by atoms with Gasteiger partial charge in [0.25, 0.3) is 0 Å². The molecule has 0 aliphatic carbocycles. The van der Waals surface area contributed by atoms with Crippen LogP contribution in [0.25, 0.3) is 0 Å². The van der Waals surface area contributed by atoms with Crippen molar-refractivity contribution in [2.24, 2.45) is 12.8 Å². The Hall–Kier alpha value is -1.88. The number of methoxy groups -OCH3 is 1. The van der Waals surface area contributed by atoms with Crippen LogP contribution in [-0.4, -0.2) is 21.6 Å². The van der Waals surface area contributed by atoms with Crippen molar-refractivity contribution in [3.05, 3.63) is 42.1 Å². The van der Waals surface area contributed by atoms with Crippen molar-refractivity contribution in [3.63, 3.8) is 0 Å². The fraction of sp³-hybridized carbons (Fsp3) is 0.273. The lowest BCUT2D eigenvalue weighted by Gasteiger charge is -2.12. The van der Waals surface area contributed by atoms with E-state index in [0.29, 0.717) is 5.88 Å². The van der Waals surface area contributed by atoms with Gasteiger partial charge >= 0.3 is 0 Å². The van der Waals surface area contributed by atoms with E-state index in [1.54, 1.807) is 31.9 Å². The molecule has 2 N–H and O–H groups in total. The highest BCUT2D eigenvalue weighted by Crippen LogP contribution is 2.19. The maximum atomic E-state index is 6.11. The molecule has 84 valence electrons. The number of aromatic nitrogens is 3. The second-order valence-electron chi connectivity index (χ2n) is 3.54. The number of hydrogen-bond donors (Lipinski definition) is 1. The molecule has 0 radical (unpaired) electrons. The summed E-state index contributed by atoms with van der Waals surface area (Å²) in [6.07, 6.45) is 5.21. The Bertz CT molecular complexity index is 463. The van der Waals surface area contributed by atoms with E-state index < -0.39 is 0 Å². The van der Waals surface area contributed by atoms with Crippen molar-refractivity contribution in [3.8, 4) is 5.88 Å². The molecular formula is C11H14N4O. The Morgan fingerprint density at radius 3 is 2.69 bits per heavy atom. The summed E-state index contributed by atoms with van der Waals surface area (Å²) in [6.45, 7) is 0. The van der Waals surface area contributed by atoms with Crippen LogP contribution in [0.4, 0.5) is 0 Å². The van der Waals surface area contributed by atoms with Crippen molar-refractivity contribution in [1.29, 1.82) is 0 Å². The first-order valence-electron chi connectivity index (χ1n) is 4.94. The summed E-state index contributed by atoms with van der Waals surface area (Å²) < 4.78 is 6.89. The summed E-state index contributed by atoms with van der Waals surface area (Å²) in [7, 11) is 3.50. The number of pyridine rings is 1. The number of hydrogen-bond acceptors (Lipinski definition) is 4. The van der Waals surface area contributed by atoms with Crippen LogP contribution in [0.15, 0.2) is 30.9 Å². The van der Waals surface area contributed by atoms with E-state index in [9.17, 15) is 0 Å². The van der Waals surface area contributed by atoms with Crippen molar-refractivity contribution >= 4 is 0 Å². The van der Waals surface area contributed by atoms with Gasteiger partial charge in [0.15, 0.2) is 0 Å². The molecule has 1 atom stereocenters. The van der Waals surface area contributed by atoms with Gasteiger partial charge < -0.3 is 15.0 Å². The summed E-state index contributed by atoms with van der Waals surface area (Å²) in [5.41, 5.74) is 8.00. The van der Waals surface area contributed by atoms with E-state index in [4.69, 9.17) is 10.5 Å². The molecule has 0 aliphatic heterocycles. The van der Waals surface area contributed by atoms with E-state index in [1.807, 2.05) is 17.7 Å². The minimum Gasteiger partial charge on any atom is -0.481 e. The van der Waals surface area contributed by atoms with E-state index in [-0.39, 0.29) is 6.04 Å². The Morgan fingerprint density at radius 1 is 1.38 bits per heavy atom. The fourth-order valence-electron chi connectivity index (χ4n) is 1.53. The zero-order valence-electron chi connectivity index (χ0n) is 9.29. The molecule has 0 aromatic carbocycles. The molecule has 2 heterocycles. The lowest BCUT2D eigenvalue weighted by atomic mass is 10.1. The highest BCUT2D eigenvalue weighted by Gasteiger charge is 2.12. The van der Waals surface area contributed by atoms with Gasteiger partial charge in [-0.3, -0.25) is 0 Å². The molecule has 0 bridgehead atoms. The van der Waals surface area contributed by atoms with E-state index in [2.05, 4.69) is 9.97 Å². The van der Waals surface area contributed by atoms with Gasteiger partial charge in [-0.2, -0.15) is 0 Å². The van der Waals surface area contributed by atoms with Crippen LogP contribution < -0.4 is 10.5 Å². The van der Waals surface area contributed by atoms with Gasteiger partial charge in [-0.1, -0.05) is 6.07 Å². The van der Waals surface area contributed by atoms with Gasteiger partial charge in [0.1, 0.15) is 0 Å². The standard InChI is InChI=1S/C11H14N4O/c1-15-7-13-6-9(15)11(12)8-3-4-10(16-2)14-5-8/h3-7,11H,12H2,1-2H3. The fourth-order valence-corrected chi connectivity index (χ4v) is 1.53. The number of ether oxygens (including phenoxy) is 1. The number of imidazole rings is 1. The van der Waals surface area contributed by atoms with Crippen LogP contribution in [-0.2, 0) is 7.05 Å². The highest BCUT2D eigenvalue weighted by molar-refractivity contribution is 5.26. The van der Waals surface area contributed by atoms with Gasteiger partial charge in [0, 0.05) is 19.3 Å². The second kappa shape index (κ2) is 4.32. The summed E-state index contributed by atoms with van der Waals surface area (Å²) in [5, 5.41) is 0. The van der Waals surface area contributed by atoms with Crippen molar-refractivity contribution in [1.82, 2.24) is 14.5 Å². The predicted octanol–water partition coefficient (Wildman–Crippen LogP) is 0.872. The average molecular weight is 218 g/mol. The molecule has 0 saturated carbocycles. The topological polar surface area (TPSA) is 66.0 Å². The highest BCUT2D eigenvalue weighted by atomic mass is 16.5. The first-order chi connectivity index (χ1) is 7.72. The summed E-state index contributed by atoms with van der Waals surface area (Å²) in [5.74, 6) is 0.584. The molecule has 0 saturated heterocycles. The Labute approximate surface area is 93.9 Å². The minimum atomic E-state index is -0.217. The monoisotopic (exact) mass is 218 g/mol. The van der Waals surface area contributed by atoms with Crippen LogP contribution >= 0.6 is 0 Å². The van der Waals surface area contributed by atoms with Gasteiger partial charge in [0.05, 0.1) is 31.4 Å². The third kappa shape index (κ3) is 1.90. The molecule has 2 rings (SSSR count). The molecule has 2 aromatic heterocycles.